The summed E-state index contributed by atoms with van der Waals surface area (Å²) in [6.07, 6.45) is -0.893. The summed E-state index contributed by atoms with van der Waals surface area (Å²) in [4.78, 5) is 22.1. The number of rotatable bonds is 14. The summed E-state index contributed by atoms with van der Waals surface area (Å²) in [5.41, 5.74) is 0. The van der Waals surface area contributed by atoms with Crippen LogP contribution in [0.4, 0.5) is 4.39 Å². The second-order valence-corrected chi connectivity index (χ2v) is 4.43. The molecule has 0 bridgehead atoms. The van der Waals surface area contributed by atoms with Crippen LogP contribution < -0.4 is 10.6 Å². The number of alkyl halides is 1. The van der Waals surface area contributed by atoms with Gasteiger partial charge in [0.1, 0.15) is 12.8 Å². The normalized spacial score (nSPS) is 12.0. The molecule has 1 unspecified atom stereocenters. The van der Waals surface area contributed by atoms with Crippen molar-refractivity contribution in [1.82, 2.24) is 10.6 Å². The maximum atomic E-state index is 13.3. The van der Waals surface area contributed by atoms with Gasteiger partial charge in [-0.05, 0) is 6.92 Å². The molecule has 0 rings (SSSR count). The first-order valence-electron chi connectivity index (χ1n) is 7.50. The molecular formula is C14H27FN2O5. The smallest absolute Gasteiger partial charge is 0.246 e. The van der Waals surface area contributed by atoms with Gasteiger partial charge in [0.05, 0.1) is 33.0 Å². The van der Waals surface area contributed by atoms with Crippen LogP contribution >= 0.6 is 0 Å². The minimum absolute atomic E-state index is 0.0423. The van der Waals surface area contributed by atoms with E-state index in [0.717, 1.165) is 0 Å². The highest BCUT2D eigenvalue weighted by atomic mass is 19.1. The Morgan fingerprint density at radius 1 is 1.00 bits per heavy atom. The van der Waals surface area contributed by atoms with Crippen molar-refractivity contribution in [2.24, 2.45) is 0 Å². The summed E-state index contributed by atoms with van der Waals surface area (Å²) in [6, 6.07) is 0. The Morgan fingerprint density at radius 3 is 2.41 bits per heavy atom. The zero-order valence-corrected chi connectivity index (χ0v) is 13.4. The van der Waals surface area contributed by atoms with Crippen molar-refractivity contribution in [3.05, 3.63) is 0 Å². The third kappa shape index (κ3) is 13.7. The number of ether oxygens (including phenoxy) is 3. The molecule has 8 heteroatoms. The second-order valence-electron chi connectivity index (χ2n) is 4.43. The second kappa shape index (κ2) is 14.7. The standard InChI is InChI=1S/C14H27FN2O5/c1-3-13(18)17-9-12(15)10-22-8-7-21-6-5-16-14(19)11-20-4-2/h12H,3-11H2,1-2H3,(H,16,19)(H,17,18). The molecule has 2 amide bonds. The van der Waals surface area contributed by atoms with Gasteiger partial charge in [0.15, 0.2) is 0 Å². The van der Waals surface area contributed by atoms with Gasteiger partial charge in [0.25, 0.3) is 0 Å². The fraction of sp³-hybridized carbons (Fsp3) is 0.857. The van der Waals surface area contributed by atoms with Crippen LogP contribution in [0.15, 0.2) is 0 Å². The highest BCUT2D eigenvalue weighted by molar-refractivity contribution is 5.77. The van der Waals surface area contributed by atoms with E-state index in [2.05, 4.69) is 10.6 Å². The molecule has 0 saturated carbocycles. The Morgan fingerprint density at radius 2 is 1.73 bits per heavy atom. The third-order valence-corrected chi connectivity index (χ3v) is 2.52. The van der Waals surface area contributed by atoms with Crippen molar-refractivity contribution < 1.29 is 28.2 Å². The summed E-state index contributed by atoms with van der Waals surface area (Å²) >= 11 is 0. The lowest BCUT2D eigenvalue weighted by Crippen LogP contribution is -2.32. The van der Waals surface area contributed by atoms with E-state index in [4.69, 9.17) is 14.2 Å². The fourth-order valence-electron chi connectivity index (χ4n) is 1.35. The molecule has 0 aromatic heterocycles. The van der Waals surface area contributed by atoms with Gasteiger partial charge in [-0.25, -0.2) is 4.39 Å². The lowest BCUT2D eigenvalue weighted by Gasteiger charge is -2.10. The molecule has 2 N–H and O–H groups in total. The van der Waals surface area contributed by atoms with E-state index < -0.39 is 6.17 Å². The number of amides is 2. The van der Waals surface area contributed by atoms with Crippen molar-refractivity contribution in [1.29, 1.82) is 0 Å². The van der Waals surface area contributed by atoms with Crippen molar-refractivity contribution in [2.75, 3.05) is 52.7 Å². The van der Waals surface area contributed by atoms with E-state index in [-0.39, 0.29) is 38.2 Å². The van der Waals surface area contributed by atoms with Crippen molar-refractivity contribution in [2.45, 2.75) is 26.4 Å². The molecule has 0 aliphatic heterocycles. The van der Waals surface area contributed by atoms with Gasteiger partial charge in [-0.2, -0.15) is 0 Å². The molecule has 0 aliphatic carbocycles. The number of carbonyl (C=O) groups is 2. The summed E-state index contributed by atoms with van der Waals surface area (Å²) < 4.78 is 28.5. The molecule has 0 aromatic carbocycles. The average molecular weight is 322 g/mol. The van der Waals surface area contributed by atoms with Crippen molar-refractivity contribution >= 4 is 11.8 Å². The quantitative estimate of drug-likeness (QED) is 0.441. The van der Waals surface area contributed by atoms with E-state index in [9.17, 15) is 14.0 Å². The maximum Gasteiger partial charge on any atom is 0.246 e. The molecule has 0 radical (unpaired) electrons. The summed E-state index contributed by atoms with van der Waals surface area (Å²) in [5.74, 6) is -0.367. The van der Waals surface area contributed by atoms with Crippen LogP contribution in [0.2, 0.25) is 0 Å². The minimum atomic E-state index is -1.23. The van der Waals surface area contributed by atoms with Gasteiger partial charge in [-0.3, -0.25) is 9.59 Å². The molecule has 7 nitrogen and oxygen atoms in total. The van der Waals surface area contributed by atoms with Crippen LogP contribution in [-0.4, -0.2) is 70.7 Å². The molecule has 22 heavy (non-hydrogen) atoms. The van der Waals surface area contributed by atoms with Gasteiger partial charge >= 0.3 is 0 Å². The van der Waals surface area contributed by atoms with Gasteiger partial charge in [-0.1, -0.05) is 6.92 Å². The molecule has 0 aliphatic rings. The predicted octanol–water partition coefficient (Wildman–Crippen LogP) is 0.0366. The van der Waals surface area contributed by atoms with Crippen LogP contribution in [0.25, 0.3) is 0 Å². The van der Waals surface area contributed by atoms with Crippen molar-refractivity contribution in [3.8, 4) is 0 Å². The molecule has 130 valence electrons. The Balaban J connectivity index is 3.29. The molecule has 0 saturated heterocycles. The first kappa shape index (κ1) is 20.8. The lowest BCUT2D eigenvalue weighted by atomic mass is 10.4. The number of hydrogen-bond acceptors (Lipinski definition) is 5. The van der Waals surface area contributed by atoms with Gasteiger partial charge in [0, 0.05) is 19.6 Å². The highest BCUT2D eigenvalue weighted by Gasteiger charge is 2.07. The van der Waals surface area contributed by atoms with Crippen LogP contribution in [0, 0.1) is 0 Å². The molecule has 0 aromatic rings. The van der Waals surface area contributed by atoms with Crippen LogP contribution in [0.5, 0.6) is 0 Å². The van der Waals surface area contributed by atoms with Crippen molar-refractivity contribution in [3.63, 3.8) is 0 Å². The zero-order chi connectivity index (χ0) is 16.6. The Kier molecular flexibility index (Phi) is 13.8. The third-order valence-electron chi connectivity index (χ3n) is 2.52. The summed E-state index contributed by atoms with van der Waals surface area (Å²) in [7, 11) is 0. The highest BCUT2D eigenvalue weighted by Crippen LogP contribution is 1.91. The van der Waals surface area contributed by atoms with Crippen LogP contribution in [-0.2, 0) is 23.8 Å². The first-order valence-corrected chi connectivity index (χ1v) is 7.50. The Hall–Kier alpha value is -1.25. The molecule has 0 heterocycles. The topological polar surface area (TPSA) is 85.9 Å². The number of nitrogens with one attached hydrogen (secondary N) is 2. The first-order chi connectivity index (χ1) is 10.6. The monoisotopic (exact) mass is 322 g/mol. The lowest BCUT2D eigenvalue weighted by molar-refractivity contribution is -0.125. The fourth-order valence-corrected chi connectivity index (χ4v) is 1.35. The molecule has 1 atom stereocenters. The molecule has 0 spiro atoms. The van der Waals surface area contributed by atoms with Gasteiger partial charge < -0.3 is 24.8 Å². The Labute approximate surface area is 130 Å². The molecular weight excluding hydrogens is 295 g/mol. The van der Waals surface area contributed by atoms with Gasteiger partial charge in [0.2, 0.25) is 11.8 Å². The van der Waals surface area contributed by atoms with E-state index in [0.29, 0.717) is 32.8 Å². The Bertz CT molecular complexity index is 305. The van der Waals surface area contributed by atoms with E-state index >= 15 is 0 Å². The number of hydrogen-bond donors (Lipinski definition) is 2. The maximum absolute atomic E-state index is 13.3. The van der Waals surface area contributed by atoms with E-state index in [1.165, 1.54) is 0 Å². The predicted molar refractivity (Wildman–Crippen MR) is 79.3 cm³/mol. The minimum Gasteiger partial charge on any atom is -0.377 e. The summed E-state index contributed by atoms with van der Waals surface area (Å²) in [6.45, 7) is 5.26. The SMILES string of the molecule is CCOCC(=O)NCCOCCOCC(F)CNC(=O)CC. The number of halogens is 1. The largest absolute Gasteiger partial charge is 0.377 e. The zero-order valence-electron chi connectivity index (χ0n) is 13.4. The van der Waals surface area contributed by atoms with E-state index in [1.54, 1.807) is 6.92 Å². The van der Waals surface area contributed by atoms with E-state index in [1.807, 2.05) is 6.92 Å². The average Bonchev–Trinajstić information content (AvgIpc) is 2.52. The number of carbonyl (C=O) groups excluding carboxylic acids is 2. The van der Waals surface area contributed by atoms with Crippen LogP contribution in [0.1, 0.15) is 20.3 Å². The summed E-state index contributed by atoms with van der Waals surface area (Å²) in [5, 5.41) is 5.08. The van der Waals surface area contributed by atoms with Gasteiger partial charge in [-0.15, -0.1) is 0 Å². The van der Waals surface area contributed by atoms with Crippen LogP contribution in [0.3, 0.4) is 0 Å². The molecule has 0 fully saturated rings.